The molecular weight excluding hydrogens is 940 g/mol. The van der Waals surface area contributed by atoms with Crippen LogP contribution in [0, 0.1) is 0 Å². The molecule has 0 spiro atoms. The molecule has 2 aliphatic heterocycles. The number of ether oxygens (including phenoxy) is 4. The predicted octanol–water partition coefficient (Wildman–Crippen LogP) is 14.2. The van der Waals surface area contributed by atoms with Gasteiger partial charge < -0.3 is 48.9 Å². The Morgan fingerprint density at radius 1 is 0.292 bits per heavy atom. The Balaban J connectivity index is 0.00000137. The molecular formula is C58H38N8O5V. The summed E-state index contributed by atoms with van der Waals surface area (Å²) in [5, 5.41) is 2.88. The van der Waals surface area contributed by atoms with E-state index in [9.17, 15) is 0 Å². The average molecular weight is 978 g/mol. The van der Waals surface area contributed by atoms with Gasteiger partial charge in [0.15, 0.2) is 0 Å². The minimum absolute atomic E-state index is 0.388. The topological polar surface area (TPSA) is 160 Å². The minimum Gasteiger partial charge on any atom is -0.457 e. The second-order valence-electron chi connectivity index (χ2n) is 16.0. The van der Waals surface area contributed by atoms with Gasteiger partial charge in [0.1, 0.15) is 46.0 Å². The van der Waals surface area contributed by atoms with Crippen LogP contribution in [0.25, 0.3) is 89.7 Å². The van der Waals surface area contributed by atoms with E-state index in [1.54, 1.807) is 0 Å². The summed E-state index contributed by atoms with van der Waals surface area (Å²) in [5.74, 6) is 6.76. The summed E-state index contributed by atoms with van der Waals surface area (Å²) in [6.07, 6.45) is 0. The molecule has 0 unspecified atom stereocenters. The van der Waals surface area contributed by atoms with E-state index >= 15 is 0 Å². The quantitative estimate of drug-likeness (QED) is 0.142. The van der Waals surface area contributed by atoms with Gasteiger partial charge in [-0.05, 0) is 143 Å². The normalized spacial score (nSPS) is 11.1. The molecule has 0 aliphatic carbocycles. The molecule has 14 heteroatoms. The molecule has 3 aromatic heterocycles. The molecule has 8 bridgehead atoms. The zero-order chi connectivity index (χ0) is 49.0. The number of hydrogen-bond acceptors (Lipinski definition) is 11. The van der Waals surface area contributed by atoms with Crippen LogP contribution in [-0.2, 0) is 21.0 Å². The van der Waals surface area contributed by atoms with Crippen LogP contribution in [0.4, 0.5) is 0 Å². The molecule has 345 valence electrons. The molecule has 2 aliphatic rings. The summed E-state index contributed by atoms with van der Waals surface area (Å²) in [6, 6.07) is 61.5. The van der Waals surface area contributed by atoms with Crippen LogP contribution in [0.15, 0.2) is 194 Å². The first-order chi connectivity index (χ1) is 35.6. The SMILES string of the molecule is CC.[O]=[V+2].c1ccc(Oc2ccc3c(c2)-c2nc-3nc3[n-]c(nc4nc(nc5[n-]c(n2)c2ccc(Oc6ccccc6)cc52)-c2ccc(Oc5ccccc5)cc2-4)c2ccc(Oc4ccccc4)cc32)cc1. The maximum Gasteiger partial charge on any atom is 0.128 e. The van der Waals surface area contributed by atoms with Gasteiger partial charge in [-0.15, -0.1) is 0 Å². The van der Waals surface area contributed by atoms with Gasteiger partial charge in [-0.25, -0.2) is 9.97 Å². The number of rotatable bonds is 8. The van der Waals surface area contributed by atoms with Gasteiger partial charge >= 0.3 is 21.0 Å². The largest absolute Gasteiger partial charge is 0.457 e. The predicted molar refractivity (Wildman–Crippen MR) is 272 cm³/mol. The van der Waals surface area contributed by atoms with E-state index in [0.717, 1.165) is 39.3 Å². The molecule has 8 aromatic carbocycles. The van der Waals surface area contributed by atoms with Gasteiger partial charge in [-0.1, -0.05) is 86.6 Å². The number of aromatic nitrogens is 8. The second-order valence-corrected chi connectivity index (χ2v) is 16.0. The van der Waals surface area contributed by atoms with E-state index in [1.165, 1.54) is 0 Å². The first-order valence-electron chi connectivity index (χ1n) is 23.0. The minimum atomic E-state index is 0.388. The molecule has 0 saturated carbocycles. The fourth-order valence-electron chi connectivity index (χ4n) is 8.33. The van der Waals surface area contributed by atoms with Crippen molar-refractivity contribution in [2.45, 2.75) is 13.8 Å². The van der Waals surface area contributed by atoms with Gasteiger partial charge in [-0.3, -0.25) is 0 Å². The third-order valence-corrected chi connectivity index (χ3v) is 11.5. The molecule has 0 saturated heterocycles. The third kappa shape index (κ3) is 9.04. The van der Waals surface area contributed by atoms with Crippen molar-refractivity contribution in [3.8, 4) is 91.5 Å². The molecule has 0 atom stereocenters. The van der Waals surface area contributed by atoms with Crippen LogP contribution in [-0.4, -0.2) is 29.9 Å². The van der Waals surface area contributed by atoms with Crippen LogP contribution in [0.5, 0.6) is 46.0 Å². The summed E-state index contributed by atoms with van der Waals surface area (Å²) in [5.41, 5.74) is 4.46. The summed E-state index contributed by atoms with van der Waals surface area (Å²) in [6.45, 7) is 4.00. The fraction of sp³-hybridized carbons (Fsp3) is 0.0345. The monoisotopic (exact) mass is 977 g/mol. The van der Waals surface area contributed by atoms with E-state index in [-0.39, 0.29) is 0 Å². The van der Waals surface area contributed by atoms with E-state index in [4.69, 9.17) is 62.5 Å². The number of fused-ring (bicyclic) bond motifs is 20. The first-order valence-corrected chi connectivity index (χ1v) is 23.6. The second kappa shape index (κ2) is 20.0. The molecule has 0 radical (unpaired) electrons. The maximum atomic E-state index is 8.19. The van der Waals surface area contributed by atoms with Crippen LogP contribution < -0.4 is 28.9 Å². The van der Waals surface area contributed by atoms with Crippen molar-refractivity contribution in [2.24, 2.45) is 0 Å². The molecule has 0 N–H and O–H groups in total. The summed E-state index contributed by atoms with van der Waals surface area (Å²) in [4.78, 5) is 41.2. The molecule has 0 fully saturated rings. The van der Waals surface area contributed by atoms with Crippen molar-refractivity contribution in [1.29, 1.82) is 0 Å². The Labute approximate surface area is 421 Å². The van der Waals surface area contributed by atoms with Gasteiger partial charge in [-0.2, -0.15) is 0 Å². The van der Waals surface area contributed by atoms with Crippen molar-refractivity contribution in [3.05, 3.63) is 194 Å². The van der Waals surface area contributed by atoms with Crippen LogP contribution >= 0.6 is 0 Å². The summed E-state index contributed by atoms with van der Waals surface area (Å²) >= 11 is 1.06. The molecule has 5 heterocycles. The van der Waals surface area contributed by atoms with E-state index < -0.39 is 0 Å². The van der Waals surface area contributed by atoms with Crippen LogP contribution in [0.2, 0.25) is 0 Å². The van der Waals surface area contributed by atoms with Crippen molar-refractivity contribution >= 4 is 44.1 Å². The van der Waals surface area contributed by atoms with Gasteiger partial charge in [0.2, 0.25) is 0 Å². The zero-order valence-corrected chi connectivity index (χ0v) is 39.9. The van der Waals surface area contributed by atoms with Crippen molar-refractivity contribution in [3.63, 3.8) is 0 Å². The molecule has 13 nitrogen and oxygen atoms in total. The molecule has 13 rings (SSSR count). The zero-order valence-electron chi connectivity index (χ0n) is 38.5. The standard InChI is InChI=1S/C56H32N8O4.C2H6.O.V/c1-5-13-33(14-6-1)65-37-21-25-41-45(29-37)53-57-49(41)62-54-47-31-39(67-35-17-9-3-10-18-35)23-27-43(47)51(59-54)64-56-48-32-40(68-36-19-11-4-12-20-36)24-28-44(48)52(60-56)63-55-46-30-38(66-34-15-7-2-8-16-34)22-26-42(46)50(58-55)61-53;1-2;;/h1-32H;1-2H3;;/q-2;;;+2. The smallest absolute Gasteiger partial charge is 0.128 e. The number of para-hydroxylation sites is 4. The Hall–Kier alpha value is -9.30. The van der Waals surface area contributed by atoms with Crippen molar-refractivity contribution < 1.29 is 40.0 Å². The Bertz CT molecular complexity index is 3700. The first kappa shape index (κ1) is 45.2. The third-order valence-electron chi connectivity index (χ3n) is 11.5. The van der Waals surface area contributed by atoms with E-state index in [0.29, 0.717) is 114 Å². The van der Waals surface area contributed by atoms with Gasteiger partial charge in [0.25, 0.3) is 0 Å². The van der Waals surface area contributed by atoms with Crippen LogP contribution in [0.1, 0.15) is 13.8 Å². The Morgan fingerprint density at radius 2 is 0.569 bits per heavy atom. The summed E-state index contributed by atoms with van der Waals surface area (Å²) in [7, 11) is 0. The maximum absolute atomic E-state index is 8.19. The average Bonchev–Trinajstić information content (AvgIpc) is 4.16. The number of benzene rings is 8. The van der Waals surface area contributed by atoms with Crippen molar-refractivity contribution in [1.82, 2.24) is 39.9 Å². The Morgan fingerprint density at radius 3 is 0.903 bits per heavy atom. The van der Waals surface area contributed by atoms with Gasteiger partial charge in [0.05, 0.1) is 23.3 Å². The van der Waals surface area contributed by atoms with Crippen molar-refractivity contribution in [2.75, 3.05) is 0 Å². The number of nitrogens with zero attached hydrogens (tertiary/aromatic N) is 8. The number of hydrogen-bond donors (Lipinski definition) is 0. The Kier molecular flexibility index (Phi) is 12.5. The van der Waals surface area contributed by atoms with Crippen LogP contribution in [0.3, 0.4) is 0 Å². The molecule has 0 amide bonds. The van der Waals surface area contributed by atoms with E-state index in [2.05, 4.69) is 0 Å². The molecule has 11 aromatic rings. The van der Waals surface area contributed by atoms with E-state index in [1.807, 2.05) is 208 Å². The molecule has 72 heavy (non-hydrogen) atoms. The summed E-state index contributed by atoms with van der Waals surface area (Å²) < 4.78 is 33.5. The fourth-order valence-corrected chi connectivity index (χ4v) is 8.33. The van der Waals surface area contributed by atoms with Gasteiger partial charge in [0, 0.05) is 44.8 Å².